The van der Waals surface area contributed by atoms with Crippen LogP contribution in [0.1, 0.15) is 51.0 Å². The lowest BCUT2D eigenvalue weighted by molar-refractivity contribution is -0.138. The fraction of sp³-hybridized carbons (Fsp3) is 0.571. The third kappa shape index (κ3) is 2.09. The van der Waals surface area contributed by atoms with Crippen molar-refractivity contribution in [1.82, 2.24) is 4.90 Å². The minimum atomic E-state index is -0.314. The molecule has 24 heavy (non-hydrogen) atoms. The second-order valence-electron chi connectivity index (χ2n) is 8.51. The molecular weight excluding hydrogens is 301 g/mol. The fourth-order valence-electron chi connectivity index (χ4n) is 5.38. The van der Waals surface area contributed by atoms with Crippen molar-refractivity contribution >= 4 is 5.91 Å². The fourth-order valence-corrected chi connectivity index (χ4v) is 5.38. The zero-order chi connectivity index (χ0) is 17.1. The molecule has 0 N–H and O–H groups in total. The Morgan fingerprint density at radius 3 is 2.58 bits per heavy atom. The molecule has 3 atom stereocenters. The highest BCUT2D eigenvalue weighted by atomic mass is 19.1. The summed E-state index contributed by atoms with van der Waals surface area (Å²) in [6.07, 6.45) is 4.06. The molecule has 1 aromatic rings. The first-order chi connectivity index (χ1) is 11.3. The molecule has 1 aliphatic heterocycles. The van der Waals surface area contributed by atoms with Crippen molar-refractivity contribution in [1.29, 1.82) is 0 Å². The Bertz CT molecular complexity index is 692. The molecule has 2 bridgehead atoms. The zero-order valence-electron chi connectivity index (χ0n) is 14.6. The molecule has 1 saturated heterocycles. The van der Waals surface area contributed by atoms with E-state index in [0.717, 1.165) is 49.9 Å². The van der Waals surface area contributed by atoms with Crippen molar-refractivity contribution in [3.63, 3.8) is 0 Å². The van der Waals surface area contributed by atoms with Crippen molar-refractivity contribution < 1.29 is 9.18 Å². The van der Waals surface area contributed by atoms with Crippen LogP contribution in [0.15, 0.2) is 36.4 Å². The minimum Gasteiger partial charge on any atom is -0.341 e. The second kappa shape index (κ2) is 5.18. The van der Waals surface area contributed by atoms with Crippen LogP contribution in [0.5, 0.6) is 0 Å². The number of likely N-dealkylation sites (tertiary alicyclic amines) is 1. The van der Waals surface area contributed by atoms with Crippen LogP contribution in [0.3, 0.4) is 0 Å². The van der Waals surface area contributed by atoms with Gasteiger partial charge in [0.05, 0.1) is 5.41 Å². The number of carbonyl (C=O) groups is 1. The Balaban J connectivity index is 1.52. The average molecular weight is 327 g/mol. The Morgan fingerprint density at radius 2 is 1.96 bits per heavy atom. The highest BCUT2D eigenvalue weighted by molar-refractivity contribution is 5.88. The first kappa shape index (κ1) is 15.9. The molecule has 0 spiro atoms. The predicted octanol–water partition coefficient (Wildman–Crippen LogP) is 4.52. The molecule has 128 valence electrons. The smallest absolute Gasteiger partial charge is 0.232 e. The molecule has 2 nitrogen and oxygen atoms in total. The number of amides is 1. The number of fused-ring (bicyclic) bond motifs is 2. The van der Waals surface area contributed by atoms with Gasteiger partial charge in [-0.3, -0.25) is 4.79 Å². The van der Waals surface area contributed by atoms with E-state index in [-0.39, 0.29) is 16.6 Å². The van der Waals surface area contributed by atoms with Crippen molar-refractivity contribution in [3.05, 3.63) is 47.8 Å². The molecule has 2 saturated carbocycles. The van der Waals surface area contributed by atoms with E-state index in [4.69, 9.17) is 0 Å². The van der Waals surface area contributed by atoms with E-state index < -0.39 is 0 Å². The van der Waals surface area contributed by atoms with Crippen LogP contribution in [0.2, 0.25) is 0 Å². The summed E-state index contributed by atoms with van der Waals surface area (Å²) in [5.41, 5.74) is 2.07. The van der Waals surface area contributed by atoms with Crippen molar-refractivity contribution in [2.24, 2.45) is 16.7 Å². The lowest BCUT2D eigenvalue weighted by Crippen LogP contribution is -2.43. The van der Waals surface area contributed by atoms with Gasteiger partial charge in [0.2, 0.25) is 5.91 Å². The van der Waals surface area contributed by atoms with Gasteiger partial charge < -0.3 is 4.90 Å². The van der Waals surface area contributed by atoms with Gasteiger partial charge in [0.25, 0.3) is 0 Å². The Morgan fingerprint density at radius 1 is 1.25 bits per heavy atom. The van der Waals surface area contributed by atoms with Crippen LogP contribution in [-0.4, -0.2) is 23.9 Å². The molecule has 0 unspecified atom stereocenters. The first-order valence-corrected chi connectivity index (χ1v) is 9.09. The van der Waals surface area contributed by atoms with Gasteiger partial charge >= 0.3 is 0 Å². The number of nitrogens with zero attached hydrogens (tertiary/aromatic N) is 1. The van der Waals surface area contributed by atoms with Crippen LogP contribution in [0.4, 0.5) is 4.39 Å². The summed E-state index contributed by atoms with van der Waals surface area (Å²) < 4.78 is 13.1. The number of hydrogen-bond acceptors (Lipinski definition) is 1. The maximum absolute atomic E-state index is 13.4. The molecule has 1 amide bonds. The Kier molecular flexibility index (Phi) is 3.42. The predicted molar refractivity (Wildman–Crippen MR) is 93.0 cm³/mol. The Hall–Kier alpha value is -1.64. The quantitative estimate of drug-likeness (QED) is 0.731. The van der Waals surface area contributed by atoms with Gasteiger partial charge in [-0.05, 0) is 54.7 Å². The molecule has 2 aliphatic carbocycles. The van der Waals surface area contributed by atoms with Crippen LogP contribution in [0, 0.1) is 22.6 Å². The molecule has 0 radical (unpaired) electrons. The van der Waals surface area contributed by atoms with Crippen molar-refractivity contribution in [2.75, 3.05) is 13.1 Å². The molecule has 4 rings (SSSR count). The summed E-state index contributed by atoms with van der Waals surface area (Å²) in [5, 5.41) is 0. The van der Waals surface area contributed by atoms with Gasteiger partial charge in [0, 0.05) is 19.0 Å². The number of rotatable bonds is 2. The van der Waals surface area contributed by atoms with E-state index in [2.05, 4.69) is 20.4 Å². The summed E-state index contributed by atoms with van der Waals surface area (Å²) in [7, 11) is 0. The number of halogens is 1. The van der Waals surface area contributed by atoms with Gasteiger partial charge in [-0.1, -0.05) is 38.1 Å². The number of carbonyl (C=O) groups excluding carboxylic acids is 1. The molecule has 3 fully saturated rings. The summed E-state index contributed by atoms with van der Waals surface area (Å²) in [6, 6.07) is 6.74. The molecular formula is C21H26FNO. The lowest BCUT2D eigenvalue weighted by Gasteiger charge is -2.39. The molecule has 0 aromatic heterocycles. The normalized spacial score (nSPS) is 34.1. The van der Waals surface area contributed by atoms with Crippen LogP contribution < -0.4 is 0 Å². The summed E-state index contributed by atoms with van der Waals surface area (Å²) in [5.74, 6) is 1.02. The second-order valence-corrected chi connectivity index (χ2v) is 8.51. The van der Waals surface area contributed by atoms with Gasteiger partial charge in [-0.15, -0.1) is 0 Å². The lowest BCUT2D eigenvalue weighted by atomic mass is 9.68. The molecule has 1 aromatic carbocycles. The standard InChI is InChI=1S/C21H26FNO/c1-14-20(2,3)17-8-10-21(14,12-17)19(24)23-11-9-16(13-23)15-4-6-18(22)7-5-15/h4-7,16-17H,1,8-13H2,2-3H3/t16-,17-,21-/m1/s1. The third-order valence-electron chi connectivity index (χ3n) is 7.12. The van der Waals surface area contributed by atoms with E-state index in [1.54, 1.807) is 0 Å². The van der Waals surface area contributed by atoms with Gasteiger partial charge in [0.15, 0.2) is 0 Å². The van der Waals surface area contributed by atoms with Gasteiger partial charge in [-0.2, -0.15) is 0 Å². The van der Waals surface area contributed by atoms with Crippen LogP contribution in [0.25, 0.3) is 0 Å². The topological polar surface area (TPSA) is 20.3 Å². The monoisotopic (exact) mass is 327 g/mol. The van der Waals surface area contributed by atoms with E-state index in [1.165, 1.54) is 12.1 Å². The minimum absolute atomic E-state index is 0.0873. The zero-order valence-corrected chi connectivity index (χ0v) is 14.6. The average Bonchev–Trinajstić information content (AvgIpc) is 3.25. The first-order valence-electron chi connectivity index (χ1n) is 9.09. The van der Waals surface area contributed by atoms with Crippen LogP contribution >= 0.6 is 0 Å². The van der Waals surface area contributed by atoms with E-state index in [9.17, 15) is 9.18 Å². The van der Waals surface area contributed by atoms with E-state index in [0.29, 0.717) is 17.7 Å². The van der Waals surface area contributed by atoms with Gasteiger partial charge in [0.1, 0.15) is 5.82 Å². The highest BCUT2D eigenvalue weighted by Crippen LogP contribution is 2.66. The number of benzene rings is 1. The van der Waals surface area contributed by atoms with Crippen molar-refractivity contribution in [3.8, 4) is 0 Å². The van der Waals surface area contributed by atoms with Gasteiger partial charge in [-0.25, -0.2) is 4.39 Å². The summed E-state index contributed by atoms with van der Waals surface area (Å²) >= 11 is 0. The van der Waals surface area contributed by atoms with E-state index in [1.807, 2.05) is 17.0 Å². The maximum atomic E-state index is 13.4. The summed E-state index contributed by atoms with van der Waals surface area (Å²) in [6.45, 7) is 10.4. The third-order valence-corrected chi connectivity index (χ3v) is 7.12. The molecule has 1 heterocycles. The van der Waals surface area contributed by atoms with Crippen LogP contribution in [-0.2, 0) is 4.79 Å². The number of hydrogen-bond donors (Lipinski definition) is 0. The largest absolute Gasteiger partial charge is 0.341 e. The maximum Gasteiger partial charge on any atom is 0.232 e. The Labute approximate surface area is 143 Å². The SMILES string of the molecule is C=C1C(C)(C)[C@@H]2CC[C@@]1(C(=O)N1CC[C@@H](c3ccc(F)cc3)C1)C2. The molecule has 3 aliphatic rings. The molecule has 3 heteroatoms. The highest BCUT2D eigenvalue weighted by Gasteiger charge is 2.61. The summed E-state index contributed by atoms with van der Waals surface area (Å²) in [4.78, 5) is 15.4. The van der Waals surface area contributed by atoms with E-state index >= 15 is 0 Å². The van der Waals surface area contributed by atoms with Crippen molar-refractivity contribution in [2.45, 2.75) is 45.4 Å².